The van der Waals surface area contributed by atoms with E-state index in [1.807, 2.05) is 0 Å². The van der Waals surface area contributed by atoms with Crippen LogP contribution in [0.5, 0.6) is 11.5 Å². The van der Waals surface area contributed by atoms with Gasteiger partial charge in [0.05, 0.1) is 30.6 Å². The summed E-state index contributed by atoms with van der Waals surface area (Å²) in [6.07, 6.45) is 1.35. The third kappa shape index (κ3) is 3.42. The number of aromatic nitrogens is 4. The SMILES string of the molecule is COc1cc(C(=O)Nc2cc(-n3cnnn3)ccc2F)cc(Cl)c1OC. The van der Waals surface area contributed by atoms with Crippen LogP contribution < -0.4 is 14.8 Å². The number of rotatable bonds is 5. The van der Waals surface area contributed by atoms with Crippen LogP contribution in [0.2, 0.25) is 5.02 Å². The van der Waals surface area contributed by atoms with Gasteiger partial charge in [-0.15, -0.1) is 5.10 Å². The number of ether oxygens (including phenoxy) is 2. The van der Waals surface area contributed by atoms with Crippen LogP contribution in [0.1, 0.15) is 10.4 Å². The van der Waals surface area contributed by atoms with Gasteiger partial charge in [-0.05, 0) is 40.8 Å². The summed E-state index contributed by atoms with van der Waals surface area (Å²) < 4.78 is 25.7. The zero-order valence-corrected chi connectivity index (χ0v) is 14.5. The number of hydrogen-bond donors (Lipinski definition) is 1. The molecule has 0 bridgehead atoms. The van der Waals surface area contributed by atoms with Crippen molar-refractivity contribution < 1.29 is 18.7 Å². The Labute approximate surface area is 152 Å². The lowest BCUT2D eigenvalue weighted by atomic mass is 10.1. The zero-order chi connectivity index (χ0) is 18.7. The second kappa shape index (κ2) is 7.36. The van der Waals surface area contributed by atoms with Crippen LogP contribution in [0.15, 0.2) is 36.7 Å². The van der Waals surface area contributed by atoms with Crippen LogP contribution in [-0.4, -0.2) is 40.3 Å². The van der Waals surface area contributed by atoms with Crippen molar-refractivity contribution in [3.63, 3.8) is 0 Å². The van der Waals surface area contributed by atoms with Crippen LogP contribution >= 0.6 is 11.6 Å². The van der Waals surface area contributed by atoms with Crippen molar-refractivity contribution in [2.45, 2.75) is 0 Å². The molecule has 134 valence electrons. The van der Waals surface area contributed by atoms with E-state index in [9.17, 15) is 9.18 Å². The Hall–Kier alpha value is -3.20. The minimum Gasteiger partial charge on any atom is -0.493 e. The van der Waals surface area contributed by atoms with Crippen molar-refractivity contribution in [2.75, 3.05) is 19.5 Å². The van der Waals surface area contributed by atoms with Crippen LogP contribution in [0.3, 0.4) is 0 Å². The van der Waals surface area contributed by atoms with Crippen molar-refractivity contribution in [3.05, 3.63) is 53.1 Å². The summed E-state index contributed by atoms with van der Waals surface area (Å²) in [6.45, 7) is 0. The number of hydrogen-bond acceptors (Lipinski definition) is 6. The summed E-state index contributed by atoms with van der Waals surface area (Å²) in [7, 11) is 2.86. The van der Waals surface area contributed by atoms with Gasteiger partial charge in [0.15, 0.2) is 11.5 Å². The molecule has 0 spiro atoms. The number of nitrogens with one attached hydrogen (secondary N) is 1. The normalized spacial score (nSPS) is 10.5. The number of benzene rings is 2. The van der Waals surface area contributed by atoms with E-state index in [0.29, 0.717) is 11.4 Å². The fourth-order valence-electron chi connectivity index (χ4n) is 2.27. The van der Waals surface area contributed by atoms with Gasteiger partial charge >= 0.3 is 0 Å². The molecule has 3 rings (SSSR count). The first-order chi connectivity index (χ1) is 12.5. The fourth-order valence-corrected chi connectivity index (χ4v) is 2.56. The molecule has 3 aromatic rings. The summed E-state index contributed by atoms with van der Waals surface area (Å²) in [6, 6.07) is 6.94. The molecule has 1 N–H and O–H groups in total. The lowest BCUT2D eigenvalue weighted by Crippen LogP contribution is -2.14. The number of tetrazole rings is 1. The van der Waals surface area contributed by atoms with Gasteiger partial charge in [-0.1, -0.05) is 11.6 Å². The highest BCUT2D eigenvalue weighted by Gasteiger charge is 2.17. The Morgan fingerprint density at radius 3 is 2.69 bits per heavy atom. The predicted octanol–water partition coefficient (Wildman–Crippen LogP) is 2.72. The van der Waals surface area contributed by atoms with Crippen LogP contribution in [-0.2, 0) is 0 Å². The Kier molecular flexibility index (Phi) is 4.99. The molecule has 0 fully saturated rings. The highest BCUT2D eigenvalue weighted by atomic mass is 35.5. The third-order valence-electron chi connectivity index (χ3n) is 3.51. The van der Waals surface area contributed by atoms with Gasteiger partial charge in [0, 0.05) is 5.56 Å². The molecule has 0 radical (unpaired) electrons. The molecule has 0 saturated carbocycles. The van der Waals surface area contributed by atoms with Crippen molar-refractivity contribution in [1.82, 2.24) is 20.2 Å². The molecule has 0 aliphatic heterocycles. The summed E-state index contributed by atoms with van der Waals surface area (Å²) in [5.41, 5.74) is 0.630. The molecule has 2 aromatic carbocycles. The summed E-state index contributed by atoms with van der Waals surface area (Å²) >= 11 is 6.10. The molecule has 0 aliphatic rings. The van der Waals surface area contributed by atoms with Gasteiger partial charge in [0.25, 0.3) is 5.91 Å². The van der Waals surface area contributed by atoms with Gasteiger partial charge in [0.2, 0.25) is 0 Å². The maximum Gasteiger partial charge on any atom is 0.255 e. The van der Waals surface area contributed by atoms with Gasteiger partial charge in [0.1, 0.15) is 12.1 Å². The number of anilines is 1. The Bertz CT molecular complexity index is 949. The average Bonchev–Trinajstić information content (AvgIpc) is 3.17. The van der Waals surface area contributed by atoms with Crippen LogP contribution in [0.25, 0.3) is 5.69 Å². The number of nitrogens with zero attached hydrogens (tertiary/aromatic N) is 4. The Morgan fingerprint density at radius 1 is 1.23 bits per heavy atom. The highest BCUT2D eigenvalue weighted by molar-refractivity contribution is 6.32. The van der Waals surface area contributed by atoms with E-state index in [4.69, 9.17) is 21.1 Å². The molecule has 8 nitrogen and oxygen atoms in total. The summed E-state index contributed by atoms with van der Waals surface area (Å²) in [5, 5.41) is 13.4. The second-order valence-corrected chi connectivity index (χ2v) is 5.47. The first-order valence-electron chi connectivity index (χ1n) is 7.29. The molecule has 1 amide bonds. The minimum atomic E-state index is -0.609. The number of carbonyl (C=O) groups excluding carboxylic acids is 1. The second-order valence-electron chi connectivity index (χ2n) is 5.07. The maximum atomic E-state index is 14.1. The molecule has 0 aliphatic carbocycles. The minimum absolute atomic E-state index is 0.0334. The van der Waals surface area contributed by atoms with E-state index in [0.717, 1.165) is 0 Å². The molecule has 1 aromatic heterocycles. The molecule has 0 unspecified atom stereocenters. The van der Waals surface area contributed by atoms with Crippen LogP contribution in [0, 0.1) is 5.82 Å². The third-order valence-corrected chi connectivity index (χ3v) is 3.79. The quantitative estimate of drug-likeness (QED) is 0.735. The van der Waals surface area contributed by atoms with Crippen molar-refractivity contribution >= 4 is 23.2 Å². The summed E-state index contributed by atoms with van der Waals surface area (Å²) in [4.78, 5) is 12.5. The van der Waals surface area contributed by atoms with Gasteiger partial charge < -0.3 is 14.8 Å². The van der Waals surface area contributed by atoms with E-state index >= 15 is 0 Å². The number of carbonyl (C=O) groups is 1. The smallest absolute Gasteiger partial charge is 0.255 e. The molecule has 0 saturated heterocycles. The number of amides is 1. The lowest BCUT2D eigenvalue weighted by molar-refractivity contribution is 0.102. The van der Waals surface area contributed by atoms with Crippen molar-refractivity contribution in [2.24, 2.45) is 0 Å². The zero-order valence-electron chi connectivity index (χ0n) is 13.7. The highest BCUT2D eigenvalue weighted by Crippen LogP contribution is 2.36. The molecular weight excluding hydrogens is 365 g/mol. The van der Waals surface area contributed by atoms with Gasteiger partial charge in [-0.25, -0.2) is 9.07 Å². The molecule has 1 heterocycles. The molecule has 10 heteroatoms. The van der Waals surface area contributed by atoms with E-state index in [-0.39, 0.29) is 22.0 Å². The topological polar surface area (TPSA) is 91.2 Å². The lowest BCUT2D eigenvalue weighted by Gasteiger charge is -2.12. The molecular formula is C16H13ClFN5O3. The number of methoxy groups -OCH3 is 2. The molecule has 0 atom stereocenters. The maximum absolute atomic E-state index is 14.1. The first kappa shape index (κ1) is 17.6. The first-order valence-corrected chi connectivity index (χ1v) is 7.67. The van der Waals surface area contributed by atoms with Gasteiger partial charge in [-0.2, -0.15) is 0 Å². The molecule has 26 heavy (non-hydrogen) atoms. The predicted molar refractivity (Wildman–Crippen MR) is 91.6 cm³/mol. The number of halogens is 2. The standard InChI is InChI=1S/C16H13ClFN5O3/c1-25-14-6-9(5-11(17)15(14)26-2)16(24)20-13-7-10(3-4-12(13)18)23-8-19-21-22-23/h3-8H,1-2H3,(H,20,24). The van der Waals surface area contributed by atoms with E-state index in [1.54, 1.807) is 0 Å². The Morgan fingerprint density at radius 2 is 2.04 bits per heavy atom. The van der Waals surface area contributed by atoms with E-state index < -0.39 is 11.7 Å². The van der Waals surface area contributed by atoms with E-state index in [2.05, 4.69) is 20.8 Å². The van der Waals surface area contributed by atoms with E-state index in [1.165, 1.54) is 55.6 Å². The van der Waals surface area contributed by atoms with Crippen molar-refractivity contribution in [3.8, 4) is 17.2 Å². The van der Waals surface area contributed by atoms with Gasteiger partial charge in [-0.3, -0.25) is 4.79 Å². The fraction of sp³-hybridized carbons (Fsp3) is 0.125. The van der Waals surface area contributed by atoms with Crippen LogP contribution in [0.4, 0.5) is 10.1 Å². The largest absolute Gasteiger partial charge is 0.493 e. The monoisotopic (exact) mass is 377 g/mol. The average molecular weight is 378 g/mol. The van der Waals surface area contributed by atoms with Crippen molar-refractivity contribution in [1.29, 1.82) is 0 Å². The summed E-state index contributed by atoms with van der Waals surface area (Å²) in [5.74, 6) is -0.590. The Balaban J connectivity index is 1.91.